The Hall–Kier alpha value is -2.80. The minimum atomic E-state index is -0.233. The maximum Gasteiger partial charge on any atom is 0.257 e. The highest BCUT2D eigenvalue weighted by Gasteiger charge is 2.08. The van der Waals surface area contributed by atoms with Crippen LogP contribution in [0.2, 0.25) is 0 Å². The molecule has 0 fully saturated rings. The van der Waals surface area contributed by atoms with Crippen LogP contribution in [-0.2, 0) is 4.79 Å². The van der Waals surface area contributed by atoms with Crippen molar-refractivity contribution in [3.8, 4) is 5.75 Å². The number of unbranched alkanes of at least 4 members (excludes halogenated alkanes) is 1. The summed E-state index contributed by atoms with van der Waals surface area (Å²) < 4.78 is 11.3. The van der Waals surface area contributed by atoms with Gasteiger partial charge in [-0.2, -0.15) is 5.10 Å². The van der Waals surface area contributed by atoms with Gasteiger partial charge in [0.25, 0.3) is 11.1 Å². The normalized spacial score (nSPS) is 11.1. The predicted octanol–water partition coefficient (Wildman–Crippen LogP) is 4.25. The molecule has 2 aromatic carbocycles. The highest BCUT2D eigenvalue weighted by Crippen LogP contribution is 2.22. The summed E-state index contributed by atoms with van der Waals surface area (Å²) in [6, 6.07) is 15.1. The van der Waals surface area contributed by atoms with Gasteiger partial charge in [0, 0.05) is 5.56 Å². The van der Waals surface area contributed by atoms with Gasteiger partial charge in [0.1, 0.15) is 11.3 Å². The molecule has 0 unspecified atom stereocenters. The Bertz CT molecular complexity index is 890. The molecule has 0 radical (unpaired) electrons. The van der Waals surface area contributed by atoms with Gasteiger partial charge in [-0.3, -0.25) is 4.79 Å². The number of hydrazone groups is 1. The summed E-state index contributed by atoms with van der Waals surface area (Å²) in [4.78, 5) is 16.3. The van der Waals surface area contributed by atoms with Crippen molar-refractivity contribution < 1.29 is 13.9 Å². The van der Waals surface area contributed by atoms with Crippen LogP contribution >= 0.6 is 11.8 Å². The van der Waals surface area contributed by atoms with Gasteiger partial charge >= 0.3 is 0 Å². The van der Waals surface area contributed by atoms with Crippen LogP contribution in [0.15, 0.2) is 63.3 Å². The number of aromatic nitrogens is 1. The molecule has 6 nitrogen and oxygen atoms in total. The number of hydrogen-bond acceptors (Lipinski definition) is 6. The molecular formula is C20H21N3O3S. The van der Waals surface area contributed by atoms with Crippen molar-refractivity contribution >= 4 is 35.0 Å². The first-order chi connectivity index (χ1) is 13.3. The van der Waals surface area contributed by atoms with Crippen LogP contribution in [0.5, 0.6) is 5.75 Å². The molecule has 0 aliphatic heterocycles. The van der Waals surface area contributed by atoms with E-state index >= 15 is 0 Å². The molecule has 0 saturated heterocycles. The first kappa shape index (κ1) is 19.0. The molecule has 3 rings (SSSR count). The van der Waals surface area contributed by atoms with Crippen molar-refractivity contribution in [2.75, 3.05) is 12.4 Å². The van der Waals surface area contributed by atoms with Crippen molar-refractivity contribution in [1.82, 2.24) is 10.4 Å². The maximum absolute atomic E-state index is 12.0. The molecule has 1 N–H and O–H groups in total. The Labute approximate surface area is 162 Å². The third-order valence-corrected chi connectivity index (χ3v) is 4.50. The quantitative estimate of drug-likeness (QED) is 0.259. The summed E-state index contributed by atoms with van der Waals surface area (Å²) in [5.41, 5.74) is 4.82. The predicted molar refractivity (Wildman–Crippen MR) is 107 cm³/mol. The summed E-state index contributed by atoms with van der Waals surface area (Å²) in [7, 11) is 0. The molecule has 3 aromatic rings. The molecule has 0 aliphatic carbocycles. The lowest BCUT2D eigenvalue weighted by atomic mass is 10.2. The fraction of sp³-hybridized carbons (Fsp3) is 0.250. The van der Waals surface area contributed by atoms with Crippen molar-refractivity contribution in [3.05, 3.63) is 54.1 Å². The largest absolute Gasteiger partial charge is 0.493 e. The number of rotatable bonds is 9. The Kier molecular flexibility index (Phi) is 6.87. The topological polar surface area (TPSA) is 76.7 Å². The average Bonchev–Trinajstić information content (AvgIpc) is 3.11. The Morgan fingerprint density at radius 3 is 2.93 bits per heavy atom. The fourth-order valence-electron chi connectivity index (χ4n) is 2.29. The zero-order valence-electron chi connectivity index (χ0n) is 15.1. The van der Waals surface area contributed by atoms with E-state index < -0.39 is 0 Å². The van der Waals surface area contributed by atoms with E-state index in [9.17, 15) is 4.79 Å². The number of hydrogen-bond donors (Lipinski definition) is 1. The molecule has 0 saturated carbocycles. The van der Waals surface area contributed by atoms with Gasteiger partial charge in [0.2, 0.25) is 0 Å². The molecule has 0 aliphatic rings. The number of ether oxygens (including phenoxy) is 1. The van der Waals surface area contributed by atoms with Crippen molar-refractivity contribution in [1.29, 1.82) is 0 Å². The second-order valence-electron chi connectivity index (χ2n) is 5.77. The van der Waals surface area contributed by atoms with Crippen LogP contribution in [0.1, 0.15) is 25.3 Å². The second-order valence-corrected chi connectivity index (χ2v) is 6.70. The van der Waals surface area contributed by atoms with Crippen LogP contribution in [-0.4, -0.2) is 29.5 Å². The van der Waals surface area contributed by atoms with E-state index in [2.05, 4.69) is 22.4 Å². The van der Waals surface area contributed by atoms with Gasteiger partial charge in [-0.05, 0) is 30.7 Å². The number of oxazole rings is 1. The van der Waals surface area contributed by atoms with Gasteiger partial charge in [-0.15, -0.1) is 0 Å². The molecule has 7 heteroatoms. The van der Waals surface area contributed by atoms with Crippen LogP contribution in [0, 0.1) is 0 Å². The first-order valence-electron chi connectivity index (χ1n) is 8.78. The lowest BCUT2D eigenvalue weighted by molar-refractivity contribution is -0.118. The minimum absolute atomic E-state index is 0.165. The second kappa shape index (κ2) is 9.78. The molecule has 0 atom stereocenters. The van der Waals surface area contributed by atoms with Crippen LogP contribution in [0.3, 0.4) is 0 Å². The lowest BCUT2D eigenvalue weighted by Crippen LogP contribution is -2.19. The lowest BCUT2D eigenvalue weighted by Gasteiger charge is -2.07. The molecule has 0 spiro atoms. The fourth-order valence-corrected chi connectivity index (χ4v) is 2.92. The van der Waals surface area contributed by atoms with Crippen molar-refractivity contribution in [2.45, 2.75) is 25.0 Å². The zero-order valence-corrected chi connectivity index (χ0v) is 15.9. The number of thioether (sulfide) groups is 1. The van der Waals surface area contributed by atoms with E-state index in [1.807, 2.05) is 48.5 Å². The smallest absolute Gasteiger partial charge is 0.257 e. The molecule has 140 valence electrons. The van der Waals surface area contributed by atoms with E-state index in [1.165, 1.54) is 11.8 Å². The SMILES string of the molecule is CCCCOc1ccccc1/C=N\NC(=O)CSc1nc2ccccc2o1. The number of benzene rings is 2. The van der Waals surface area contributed by atoms with Crippen molar-refractivity contribution in [2.24, 2.45) is 5.10 Å². The number of para-hydroxylation sites is 3. The Morgan fingerprint density at radius 2 is 2.07 bits per heavy atom. The highest BCUT2D eigenvalue weighted by molar-refractivity contribution is 7.99. The molecule has 1 amide bonds. The monoisotopic (exact) mass is 383 g/mol. The summed E-state index contributed by atoms with van der Waals surface area (Å²) in [6.45, 7) is 2.78. The summed E-state index contributed by atoms with van der Waals surface area (Å²) in [5.74, 6) is 0.686. The first-order valence-corrected chi connectivity index (χ1v) is 9.77. The third-order valence-electron chi connectivity index (χ3n) is 3.67. The maximum atomic E-state index is 12.0. The van der Waals surface area contributed by atoms with E-state index in [4.69, 9.17) is 9.15 Å². The molecule has 27 heavy (non-hydrogen) atoms. The van der Waals surface area contributed by atoms with Crippen LogP contribution < -0.4 is 10.2 Å². The molecule has 0 bridgehead atoms. The molecule has 1 heterocycles. The summed E-state index contributed by atoms with van der Waals surface area (Å²) in [6.07, 6.45) is 3.66. The van der Waals surface area contributed by atoms with Gasteiger partial charge in [-0.1, -0.05) is 49.4 Å². The van der Waals surface area contributed by atoms with Crippen molar-refractivity contribution in [3.63, 3.8) is 0 Å². The number of carbonyl (C=O) groups excluding carboxylic acids is 1. The average molecular weight is 383 g/mol. The van der Waals surface area contributed by atoms with Gasteiger partial charge < -0.3 is 9.15 Å². The zero-order chi connectivity index (χ0) is 18.9. The van der Waals surface area contributed by atoms with Gasteiger partial charge in [0.15, 0.2) is 5.58 Å². The Morgan fingerprint density at radius 1 is 1.26 bits per heavy atom. The Balaban J connectivity index is 1.50. The van der Waals surface area contributed by atoms with E-state index in [-0.39, 0.29) is 11.7 Å². The third kappa shape index (κ3) is 5.59. The van der Waals surface area contributed by atoms with E-state index in [0.717, 1.165) is 29.7 Å². The highest BCUT2D eigenvalue weighted by atomic mass is 32.2. The number of nitrogens with zero attached hydrogens (tertiary/aromatic N) is 2. The van der Waals surface area contributed by atoms with Gasteiger partial charge in [0.05, 0.1) is 18.6 Å². The number of fused-ring (bicyclic) bond motifs is 1. The number of carbonyl (C=O) groups is 1. The van der Waals surface area contributed by atoms with Crippen LogP contribution in [0.25, 0.3) is 11.1 Å². The number of nitrogens with one attached hydrogen (secondary N) is 1. The number of amides is 1. The van der Waals surface area contributed by atoms with Gasteiger partial charge in [-0.25, -0.2) is 10.4 Å². The summed E-state index contributed by atoms with van der Waals surface area (Å²) in [5, 5.41) is 4.48. The standard InChI is InChI=1S/C20H21N3O3S/c1-2-3-12-25-17-10-6-4-8-15(17)13-21-23-19(24)14-27-20-22-16-9-5-7-11-18(16)26-20/h4-11,13H,2-3,12,14H2,1H3,(H,23,24)/b21-13-. The summed E-state index contributed by atoms with van der Waals surface area (Å²) >= 11 is 1.23. The van der Waals surface area contributed by atoms with E-state index in [0.29, 0.717) is 17.4 Å². The minimum Gasteiger partial charge on any atom is -0.493 e. The molecular weight excluding hydrogens is 362 g/mol. The van der Waals surface area contributed by atoms with Crippen LogP contribution in [0.4, 0.5) is 0 Å². The van der Waals surface area contributed by atoms with E-state index in [1.54, 1.807) is 6.21 Å². The molecule has 1 aromatic heterocycles.